The van der Waals surface area contributed by atoms with Crippen LogP contribution in [0.25, 0.3) is 0 Å². The fourth-order valence-electron chi connectivity index (χ4n) is 2.02. The highest BCUT2D eigenvalue weighted by atomic mass is 32.2. The third-order valence-electron chi connectivity index (χ3n) is 3.38. The van der Waals surface area contributed by atoms with Crippen LogP contribution in [0.3, 0.4) is 0 Å². The van der Waals surface area contributed by atoms with Crippen molar-refractivity contribution in [3.05, 3.63) is 60.2 Å². The number of hydroxylamine groups is 1. The highest BCUT2D eigenvalue weighted by molar-refractivity contribution is 7.89. The maximum Gasteiger partial charge on any atom is 0.321 e. The second-order valence-corrected chi connectivity index (χ2v) is 7.19. The van der Waals surface area contributed by atoms with E-state index in [0.717, 1.165) is 7.11 Å². The molecule has 0 aromatic heterocycles. The zero-order valence-corrected chi connectivity index (χ0v) is 15.4. The van der Waals surface area contributed by atoms with Gasteiger partial charge in [0.1, 0.15) is 0 Å². The van der Waals surface area contributed by atoms with Gasteiger partial charge in [0.05, 0.1) is 12.0 Å². The van der Waals surface area contributed by atoms with Crippen molar-refractivity contribution in [3.63, 3.8) is 0 Å². The normalized spacial score (nSPS) is 10.9. The summed E-state index contributed by atoms with van der Waals surface area (Å²) in [6.45, 7) is 0. The monoisotopic (exact) mass is 377 g/mol. The molecule has 1 N–H and O–H groups in total. The fraction of sp³-hybridized carbons (Fsp3) is 0.176. The van der Waals surface area contributed by atoms with Crippen LogP contribution in [0.15, 0.2) is 59.5 Å². The van der Waals surface area contributed by atoms with Gasteiger partial charge in [0.15, 0.2) is 0 Å². The van der Waals surface area contributed by atoms with Gasteiger partial charge in [0.25, 0.3) is 15.9 Å². The minimum Gasteiger partial charge on any atom is -0.331 e. The molecule has 0 aliphatic heterocycles. The minimum absolute atomic E-state index is 0.147. The first-order valence-electron chi connectivity index (χ1n) is 7.54. The first-order valence-corrected chi connectivity index (χ1v) is 8.98. The molecule has 26 heavy (non-hydrogen) atoms. The van der Waals surface area contributed by atoms with Crippen molar-refractivity contribution in [3.8, 4) is 0 Å². The Labute approximate surface area is 152 Å². The maximum absolute atomic E-state index is 12.7. The summed E-state index contributed by atoms with van der Waals surface area (Å²) in [5.41, 5.74) is 0.591. The predicted molar refractivity (Wildman–Crippen MR) is 96.0 cm³/mol. The lowest BCUT2D eigenvalue weighted by Gasteiger charge is -2.19. The molecule has 0 aliphatic rings. The molecule has 0 aliphatic carbocycles. The number of benzene rings is 2. The van der Waals surface area contributed by atoms with E-state index in [4.69, 9.17) is 4.84 Å². The molecule has 2 rings (SSSR count). The molecule has 9 heteroatoms. The molecule has 2 aromatic rings. The van der Waals surface area contributed by atoms with Gasteiger partial charge in [-0.1, -0.05) is 18.2 Å². The van der Waals surface area contributed by atoms with E-state index in [1.165, 1.54) is 41.3 Å². The summed E-state index contributed by atoms with van der Waals surface area (Å²) < 4.78 is 25.7. The van der Waals surface area contributed by atoms with E-state index in [1.54, 1.807) is 32.3 Å². The molecular weight excluding hydrogens is 358 g/mol. The summed E-state index contributed by atoms with van der Waals surface area (Å²) in [6, 6.07) is 13.0. The molecule has 0 heterocycles. The van der Waals surface area contributed by atoms with E-state index in [2.05, 4.69) is 5.32 Å². The molecule has 0 saturated heterocycles. The second-order valence-electron chi connectivity index (χ2n) is 5.43. The number of carbonyl (C=O) groups is 2. The lowest BCUT2D eigenvalue weighted by Crippen LogP contribution is -2.36. The lowest BCUT2D eigenvalue weighted by atomic mass is 10.2. The quantitative estimate of drug-likeness (QED) is 0.806. The SMILES string of the molecule is CON(C(=O)c1ccccc1)S(=O)(=O)c1ccc(NC(=O)N(C)C)cc1. The zero-order valence-electron chi connectivity index (χ0n) is 14.5. The van der Waals surface area contributed by atoms with Crippen LogP contribution in [0.1, 0.15) is 10.4 Å². The van der Waals surface area contributed by atoms with E-state index in [1.807, 2.05) is 0 Å². The largest absolute Gasteiger partial charge is 0.331 e. The average Bonchev–Trinajstić information content (AvgIpc) is 2.63. The second kappa shape index (κ2) is 7.98. The number of carbonyl (C=O) groups excluding carboxylic acids is 2. The topological polar surface area (TPSA) is 96.0 Å². The number of anilines is 1. The lowest BCUT2D eigenvalue weighted by molar-refractivity contribution is -0.0284. The van der Waals surface area contributed by atoms with Crippen molar-refractivity contribution >= 4 is 27.6 Å². The van der Waals surface area contributed by atoms with Crippen LogP contribution < -0.4 is 5.32 Å². The number of hydrogen-bond donors (Lipinski definition) is 1. The predicted octanol–water partition coefficient (Wildman–Crippen LogP) is 2.17. The van der Waals surface area contributed by atoms with E-state index in [9.17, 15) is 18.0 Å². The van der Waals surface area contributed by atoms with Crippen molar-refractivity contribution < 1.29 is 22.8 Å². The Hall–Kier alpha value is -2.91. The Balaban J connectivity index is 2.27. The molecule has 8 nitrogen and oxygen atoms in total. The van der Waals surface area contributed by atoms with Crippen LogP contribution in [-0.2, 0) is 14.9 Å². The van der Waals surface area contributed by atoms with Gasteiger partial charge in [-0.25, -0.2) is 4.79 Å². The Bertz CT molecular complexity index is 880. The van der Waals surface area contributed by atoms with Gasteiger partial charge in [0, 0.05) is 25.3 Å². The molecule has 0 saturated carbocycles. The summed E-state index contributed by atoms with van der Waals surface area (Å²) in [6.07, 6.45) is 0. The molecule has 3 amide bonds. The number of rotatable bonds is 5. The Kier molecular flexibility index (Phi) is 5.96. The summed E-state index contributed by atoms with van der Waals surface area (Å²) in [5, 5.41) is 2.59. The van der Waals surface area contributed by atoms with Crippen LogP contribution >= 0.6 is 0 Å². The maximum atomic E-state index is 12.7. The first-order chi connectivity index (χ1) is 12.3. The minimum atomic E-state index is -4.22. The Morgan fingerprint density at radius 1 is 0.962 bits per heavy atom. The molecule has 0 fully saturated rings. The molecule has 2 aromatic carbocycles. The fourth-order valence-corrected chi connectivity index (χ4v) is 3.21. The average molecular weight is 377 g/mol. The molecular formula is C17H19N3O5S. The molecule has 0 unspecified atom stereocenters. The van der Waals surface area contributed by atoms with Crippen molar-refractivity contribution in [2.24, 2.45) is 0 Å². The third kappa shape index (κ3) is 4.19. The van der Waals surface area contributed by atoms with Crippen molar-refractivity contribution in [2.45, 2.75) is 4.90 Å². The number of sulfonamides is 1. The van der Waals surface area contributed by atoms with Gasteiger partial charge in [-0.15, -0.1) is 4.47 Å². The summed E-state index contributed by atoms with van der Waals surface area (Å²) >= 11 is 0. The van der Waals surface area contributed by atoms with Crippen LogP contribution in [0.5, 0.6) is 0 Å². The molecule has 0 radical (unpaired) electrons. The van der Waals surface area contributed by atoms with Crippen LogP contribution in [0.4, 0.5) is 10.5 Å². The smallest absolute Gasteiger partial charge is 0.321 e. The molecule has 0 atom stereocenters. The number of amides is 3. The van der Waals surface area contributed by atoms with Gasteiger partial charge in [-0.3, -0.25) is 9.63 Å². The van der Waals surface area contributed by atoms with E-state index in [0.29, 0.717) is 10.2 Å². The van der Waals surface area contributed by atoms with E-state index >= 15 is 0 Å². The number of nitrogens with zero attached hydrogens (tertiary/aromatic N) is 2. The third-order valence-corrected chi connectivity index (χ3v) is 5.00. The Morgan fingerprint density at radius 3 is 2.04 bits per heavy atom. The first kappa shape index (κ1) is 19.4. The number of nitrogens with one attached hydrogen (secondary N) is 1. The van der Waals surface area contributed by atoms with Gasteiger partial charge in [0.2, 0.25) is 0 Å². The van der Waals surface area contributed by atoms with Crippen LogP contribution in [-0.4, -0.2) is 50.9 Å². The van der Waals surface area contributed by atoms with Crippen LogP contribution in [0.2, 0.25) is 0 Å². The summed E-state index contributed by atoms with van der Waals surface area (Å²) in [4.78, 5) is 30.1. The number of hydrogen-bond acceptors (Lipinski definition) is 5. The summed E-state index contributed by atoms with van der Waals surface area (Å²) in [5.74, 6) is -0.807. The standard InChI is InChI=1S/C17H19N3O5S/c1-19(2)17(22)18-14-9-11-15(12-10-14)26(23,24)20(25-3)16(21)13-7-5-4-6-8-13/h4-12H,1-3H3,(H,18,22). The van der Waals surface area contributed by atoms with E-state index in [-0.39, 0.29) is 16.5 Å². The molecule has 138 valence electrons. The van der Waals surface area contributed by atoms with Crippen LogP contribution in [0, 0.1) is 0 Å². The molecule has 0 spiro atoms. The highest BCUT2D eigenvalue weighted by Gasteiger charge is 2.30. The summed E-state index contributed by atoms with van der Waals surface area (Å²) in [7, 11) is 0.0459. The van der Waals surface area contributed by atoms with Gasteiger partial charge < -0.3 is 10.2 Å². The number of urea groups is 1. The van der Waals surface area contributed by atoms with Crippen molar-refractivity contribution in [2.75, 3.05) is 26.5 Å². The highest BCUT2D eigenvalue weighted by Crippen LogP contribution is 2.20. The van der Waals surface area contributed by atoms with E-state index < -0.39 is 15.9 Å². The van der Waals surface area contributed by atoms with Gasteiger partial charge in [-0.05, 0) is 36.4 Å². The zero-order chi connectivity index (χ0) is 19.3. The van der Waals surface area contributed by atoms with Crippen molar-refractivity contribution in [1.82, 2.24) is 9.37 Å². The molecule has 0 bridgehead atoms. The van der Waals surface area contributed by atoms with Gasteiger partial charge >= 0.3 is 6.03 Å². The Morgan fingerprint density at radius 2 is 1.54 bits per heavy atom. The van der Waals surface area contributed by atoms with Crippen molar-refractivity contribution in [1.29, 1.82) is 0 Å². The van der Waals surface area contributed by atoms with Gasteiger partial charge in [-0.2, -0.15) is 8.42 Å².